The predicted octanol–water partition coefficient (Wildman–Crippen LogP) is 3.58. The van der Waals surface area contributed by atoms with E-state index >= 15 is 0 Å². The largest absolute Gasteiger partial charge is 0.469 e. The van der Waals surface area contributed by atoms with Crippen LogP contribution in [0.5, 0.6) is 0 Å². The van der Waals surface area contributed by atoms with Crippen LogP contribution in [0, 0.1) is 5.92 Å². The van der Waals surface area contributed by atoms with Gasteiger partial charge in [0, 0.05) is 49.7 Å². The molecule has 4 heterocycles. The Morgan fingerprint density at radius 1 is 1.00 bits per heavy atom. The zero-order chi connectivity index (χ0) is 29.1. The van der Waals surface area contributed by atoms with Gasteiger partial charge in [0.1, 0.15) is 5.00 Å². The number of carbonyl (C=O) groups excluding carboxylic acids is 3. The topological polar surface area (TPSA) is 116 Å². The van der Waals surface area contributed by atoms with Gasteiger partial charge in [-0.3, -0.25) is 19.3 Å². The van der Waals surface area contributed by atoms with Crippen LogP contribution in [0.15, 0.2) is 29.2 Å². The fourth-order valence-electron chi connectivity index (χ4n) is 5.90. The van der Waals surface area contributed by atoms with Gasteiger partial charge < -0.3 is 15.0 Å². The highest BCUT2D eigenvalue weighted by Crippen LogP contribution is 2.38. The van der Waals surface area contributed by atoms with Crippen LogP contribution in [0.3, 0.4) is 0 Å². The number of esters is 1. The Bertz CT molecular complexity index is 1390. The lowest BCUT2D eigenvalue weighted by molar-refractivity contribution is -0.146. The third kappa shape index (κ3) is 6.20. The smallest absolute Gasteiger partial charge is 0.308 e. The molecule has 0 unspecified atom stereocenters. The van der Waals surface area contributed by atoms with Gasteiger partial charge in [0.25, 0.3) is 11.8 Å². The maximum absolute atomic E-state index is 13.7. The molecule has 41 heavy (non-hydrogen) atoms. The van der Waals surface area contributed by atoms with E-state index in [9.17, 15) is 22.8 Å². The molecular formula is C29H38N4O6S2. The van der Waals surface area contributed by atoms with Gasteiger partial charge in [0.2, 0.25) is 10.0 Å². The first kappa shape index (κ1) is 29.7. The normalized spacial score (nSPS) is 19.0. The lowest BCUT2D eigenvalue weighted by Gasteiger charge is -2.29. The molecule has 3 aliphatic heterocycles. The Balaban J connectivity index is 1.33. The summed E-state index contributed by atoms with van der Waals surface area (Å²) >= 11 is 1.47. The van der Waals surface area contributed by atoms with Crippen molar-refractivity contribution >= 4 is 44.1 Å². The van der Waals surface area contributed by atoms with E-state index in [0.29, 0.717) is 29.0 Å². The van der Waals surface area contributed by atoms with Crippen molar-refractivity contribution in [3.8, 4) is 0 Å². The molecule has 1 N–H and O–H groups in total. The summed E-state index contributed by atoms with van der Waals surface area (Å²) in [6.07, 6.45) is 4.69. The minimum Gasteiger partial charge on any atom is -0.469 e. The summed E-state index contributed by atoms with van der Waals surface area (Å²) in [5.41, 5.74) is 1.97. The van der Waals surface area contributed by atoms with Gasteiger partial charge in [-0.1, -0.05) is 6.92 Å². The summed E-state index contributed by atoms with van der Waals surface area (Å²) < 4.78 is 32.6. The first-order valence-electron chi connectivity index (χ1n) is 14.4. The Morgan fingerprint density at radius 3 is 2.32 bits per heavy atom. The highest BCUT2D eigenvalue weighted by molar-refractivity contribution is 7.89. The minimum atomic E-state index is -3.76. The van der Waals surface area contributed by atoms with E-state index in [1.165, 1.54) is 47.0 Å². The molecule has 0 saturated carbocycles. The number of rotatable bonds is 7. The number of amides is 2. The number of thiophene rings is 1. The summed E-state index contributed by atoms with van der Waals surface area (Å²) in [4.78, 5) is 44.3. The molecule has 2 aromatic rings. The third-order valence-corrected chi connectivity index (χ3v) is 11.5. The monoisotopic (exact) mass is 602 g/mol. The van der Waals surface area contributed by atoms with Gasteiger partial charge in [-0.2, -0.15) is 4.31 Å². The average Bonchev–Trinajstić information content (AvgIpc) is 3.37. The molecule has 2 fully saturated rings. The summed E-state index contributed by atoms with van der Waals surface area (Å²) in [6, 6.07) is 5.88. The quantitative estimate of drug-likeness (QED) is 0.482. The summed E-state index contributed by atoms with van der Waals surface area (Å²) in [5.74, 6) is -1.00. The molecule has 1 aromatic heterocycles. The summed E-state index contributed by atoms with van der Waals surface area (Å²) in [6.45, 7) is 6.61. The van der Waals surface area contributed by atoms with Crippen molar-refractivity contribution in [3.63, 3.8) is 0 Å². The number of hydrogen-bond donors (Lipinski definition) is 1. The number of fused-ring (bicyclic) bond motifs is 1. The molecule has 0 radical (unpaired) electrons. The number of sulfonamides is 1. The first-order chi connectivity index (χ1) is 19.7. The van der Waals surface area contributed by atoms with Gasteiger partial charge in [-0.25, -0.2) is 8.42 Å². The molecule has 0 bridgehead atoms. The zero-order valence-electron chi connectivity index (χ0n) is 23.7. The number of hydrogen-bond acceptors (Lipinski definition) is 8. The van der Waals surface area contributed by atoms with Gasteiger partial charge in [-0.15, -0.1) is 11.3 Å². The summed E-state index contributed by atoms with van der Waals surface area (Å²) in [5, 5.41) is 3.56. The molecule has 5 rings (SSSR count). The average molecular weight is 603 g/mol. The number of anilines is 1. The Hall–Kier alpha value is -2.80. The molecule has 12 heteroatoms. The molecule has 3 aliphatic rings. The van der Waals surface area contributed by atoms with Gasteiger partial charge in [-0.05, 0) is 74.9 Å². The van der Waals surface area contributed by atoms with Crippen LogP contribution < -0.4 is 5.32 Å². The minimum absolute atomic E-state index is 0.0140. The fourth-order valence-corrected chi connectivity index (χ4v) is 8.64. The second-order valence-corrected chi connectivity index (χ2v) is 13.9. The Labute approximate surface area is 245 Å². The highest BCUT2D eigenvalue weighted by Gasteiger charge is 2.34. The van der Waals surface area contributed by atoms with Crippen molar-refractivity contribution < 1.29 is 27.5 Å². The maximum atomic E-state index is 13.7. The number of piperidine rings is 2. The number of methoxy groups -OCH3 is 1. The second kappa shape index (κ2) is 12.6. The standard InChI is InChI=1S/C29H38N4O6S2/c1-3-31-16-13-23-24(19-31)40-27(25(23)28(35)32-14-5-4-6-15-32)30-26(34)20-7-9-22(10-8-20)41(37,38)33-17-11-21(12-18-33)29(36)39-2/h7-10,21H,3-6,11-19H2,1-2H3,(H,30,34). The number of benzene rings is 1. The second-order valence-electron chi connectivity index (χ2n) is 10.9. The van der Waals surface area contributed by atoms with Gasteiger partial charge in [0.15, 0.2) is 0 Å². The zero-order valence-corrected chi connectivity index (χ0v) is 25.3. The SMILES string of the molecule is CCN1CCc2c(sc(NC(=O)c3ccc(S(=O)(=O)N4CCC(C(=O)OC)CC4)cc3)c2C(=O)N2CCCCC2)C1. The fraction of sp³-hybridized carbons (Fsp3) is 0.552. The van der Waals surface area contributed by atoms with E-state index in [1.54, 1.807) is 0 Å². The van der Waals surface area contributed by atoms with Crippen molar-refractivity contribution in [1.29, 1.82) is 0 Å². The molecule has 0 atom stereocenters. The van der Waals surface area contributed by atoms with Crippen LogP contribution in [0.4, 0.5) is 5.00 Å². The Morgan fingerprint density at radius 2 is 1.68 bits per heavy atom. The number of nitrogens with zero attached hydrogens (tertiary/aromatic N) is 3. The highest BCUT2D eigenvalue weighted by atomic mass is 32.2. The number of carbonyl (C=O) groups is 3. The van der Waals surface area contributed by atoms with Gasteiger partial charge >= 0.3 is 5.97 Å². The molecule has 222 valence electrons. The van der Waals surface area contributed by atoms with Crippen molar-refractivity contribution in [2.24, 2.45) is 5.92 Å². The number of likely N-dealkylation sites (tertiary alicyclic amines) is 1. The van der Waals surface area contributed by atoms with E-state index in [4.69, 9.17) is 4.74 Å². The Kier molecular flexibility index (Phi) is 9.12. The number of ether oxygens (including phenoxy) is 1. The van der Waals surface area contributed by atoms with Crippen molar-refractivity contribution in [1.82, 2.24) is 14.1 Å². The molecule has 1 aromatic carbocycles. The van der Waals surface area contributed by atoms with Crippen LogP contribution in [-0.4, -0.2) is 86.7 Å². The van der Waals surface area contributed by atoms with Crippen LogP contribution in [0.1, 0.15) is 70.2 Å². The molecule has 2 amide bonds. The molecular weight excluding hydrogens is 564 g/mol. The third-order valence-electron chi connectivity index (χ3n) is 8.41. The van der Waals surface area contributed by atoms with Crippen LogP contribution in [0.25, 0.3) is 0 Å². The number of likely N-dealkylation sites (N-methyl/N-ethyl adjacent to an activating group) is 1. The summed E-state index contributed by atoms with van der Waals surface area (Å²) in [7, 11) is -2.43. The van der Waals surface area contributed by atoms with Gasteiger partial charge in [0.05, 0.1) is 23.5 Å². The van der Waals surface area contributed by atoms with Crippen molar-refractivity contribution in [2.75, 3.05) is 51.7 Å². The van der Waals surface area contributed by atoms with E-state index in [2.05, 4.69) is 17.1 Å². The van der Waals surface area contributed by atoms with E-state index < -0.39 is 10.0 Å². The lowest BCUT2D eigenvalue weighted by Crippen LogP contribution is -2.40. The van der Waals surface area contributed by atoms with E-state index in [1.807, 2.05) is 4.90 Å². The molecule has 0 spiro atoms. The van der Waals surface area contributed by atoms with Crippen LogP contribution in [-0.2, 0) is 32.5 Å². The van der Waals surface area contributed by atoms with Crippen molar-refractivity contribution in [3.05, 3.63) is 45.8 Å². The van der Waals surface area contributed by atoms with E-state index in [0.717, 1.165) is 68.8 Å². The van der Waals surface area contributed by atoms with E-state index in [-0.39, 0.29) is 41.7 Å². The predicted molar refractivity (Wildman–Crippen MR) is 157 cm³/mol. The molecule has 10 nitrogen and oxygen atoms in total. The maximum Gasteiger partial charge on any atom is 0.308 e. The van der Waals surface area contributed by atoms with Crippen molar-refractivity contribution in [2.45, 2.75) is 56.9 Å². The lowest BCUT2D eigenvalue weighted by atomic mass is 9.99. The van der Waals surface area contributed by atoms with Crippen LogP contribution >= 0.6 is 11.3 Å². The van der Waals surface area contributed by atoms with Crippen LogP contribution in [0.2, 0.25) is 0 Å². The first-order valence-corrected chi connectivity index (χ1v) is 16.6. The number of nitrogens with one attached hydrogen (secondary N) is 1. The molecule has 2 saturated heterocycles. The molecule has 0 aliphatic carbocycles.